The fourth-order valence-electron chi connectivity index (χ4n) is 3.26. The Kier molecular flexibility index (Phi) is 5.14. The Balaban J connectivity index is 2.28. The molecule has 4 nitrogen and oxygen atoms in total. The van der Waals surface area contributed by atoms with Gasteiger partial charge in [-0.3, -0.25) is 0 Å². The van der Waals surface area contributed by atoms with Crippen molar-refractivity contribution in [3.05, 3.63) is 16.8 Å². The Bertz CT molecular complexity index is 521. The van der Waals surface area contributed by atoms with Crippen LogP contribution >= 0.6 is 12.2 Å². The molecule has 1 aromatic rings. The standard InChI is InChI=1S/C16H26N4S/c1-4-11-12(5-2)19-20-15(13(11)14(17)21)18-10-16(3)8-6-7-9-16/h4-10H2,1-3H3,(H2,17,21)(H,18,20). The zero-order valence-electron chi connectivity index (χ0n) is 13.3. The lowest BCUT2D eigenvalue weighted by molar-refractivity contribution is 0.361. The van der Waals surface area contributed by atoms with Crippen LogP contribution in [-0.4, -0.2) is 21.7 Å². The maximum absolute atomic E-state index is 5.95. The summed E-state index contributed by atoms with van der Waals surface area (Å²) in [5.74, 6) is 0.754. The molecule has 1 heterocycles. The van der Waals surface area contributed by atoms with Crippen molar-refractivity contribution in [3.8, 4) is 0 Å². The summed E-state index contributed by atoms with van der Waals surface area (Å²) in [5, 5.41) is 12.2. The predicted molar refractivity (Wildman–Crippen MR) is 91.7 cm³/mol. The third-order valence-electron chi connectivity index (χ3n) is 4.59. The van der Waals surface area contributed by atoms with E-state index in [1.165, 1.54) is 25.7 Å². The molecule has 0 unspecified atom stereocenters. The normalized spacial score (nSPS) is 16.9. The molecular formula is C16H26N4S. The molecule has 0 saturated heterocycles. The maximum Gasteiger partial charge on any atom is 0.159 e. The van der Waals surface area contributed by atoms with E-state index in [9.17, 15) is 0 Å². The molecule has 21 heavy (non-hydrogen) atoms. The molecule has 1 aliphatic rings. The number of thiocarbonyl (C=S) groups is 1. The monoisotopic (exact) mass is 306 g/mol. The van der Waals surface area contributed by atoms with E-state index in [-0.39, 0.29) is 0 Å². The van der Waals surface area contributed by atoms with Crippen LogP contribution in [0.1, 0.15) is 63.3 Å². The van der Waals surface area contributed by atoms with Gasteiger partial charge in [0.25, 0.3) is 0 Å². The van der Waals surface area contributed by atoms with E-state index in [1.807, 2.05) is 0 Å². The summed E-state index contributed by atoms with van der Waals surface area (Å²) in [5.41, 5.74) is 9.33. The van der Waals surface area contributed by atoms with Crippen LogP contribution in [0.15, 0.2) is 0 Å². The number of hydrogen-bond acceptors (Lipinski definition) is 4. The molecule has 0 aliphatic heterocycles. The smallest absolute Gasteiger partial charge is 0.159 e. The highest BCUT2D eigenvalue weighted by molar-refractivity contribution is 7.80. The van der Waals surface area contributed by atoms with Gasteiger partial charge in [0, 0.05) is 6.54 Å². The van der Waals surface area contributed by atoms with Crippen LogP contribution < -0.4 is 11.1 Å². The summed E-state index contributed by atoms with van der Waals surface area (Å²) < 4.78 is 0. The minimum absolute atomic E-state index is 0.352. The molecule has 0 spiro atoms. The molecule has 0 bridgehead atoms. The Morgan fingerprint density at radius 1 is 1.24 bits per heavy atom. The van der Waals surface area contributed by atoms with Crippen LogP contribution in [0.2, 0.25) is 0 Å². The third-order valence-corrected chi connectivity index (χ3v) is 4.79. The van der Waals surface area contributed by atoms with Crippen molar-refractivity contribution in [1.82, 2.24) is 10.2 Å². The summed E-state index contributed by atoms with van der Waals surface area (Å²) >= 11 is 5.26. The highest BCUT2D eigenvalue weighted by Crippen LogP contribution is 2.37. The summed E-state index contributed by atoms with van der Waals surface area (Å²) in [6.45, 7) is 7.44. The lowest BCUT2D eigenvalue weighted by Gasteiger charge is -2.25. The Labute approximate surface area is 132 Å². The van der Waals surface area contributed by atoms with Crippen LogP contribution in [0.25, 0.3) is 0 Å². The SMILES string of the molecule is CCc1nnc(NCC2(C)CCCC2)c(C(N)=S)c1CC. The minimum Gasteiger partial charge on any atom is -0.389 e. The Morgan fingerprint density at radius 2 is 1.90 bits per heavy atom. The fourth-order valence-corrected chi connectivity index (χ4v) is 3.48. The van der Waals surface area contributed by atoms with E-state index in [2.05, 4.69) is 36.3 Å². The van der Waals surface area contributed by atoms with E-state index in [1.54, 1.807) is 0 Å². The maximum atomic E-state index is 5.95. The van der Waals surface area contributed by atoms with Gasteiger partial charge in [-0.25, -0.2) is 0 Å². The molecule has 116 valence electrons. The molecule has 3 N–H and O–H groups in total. The zero-order valence-corrected chi connectivity index (χ0v) is 14.1. The second-order valence-electron chi connectivity index (χ2n) is 6.29. The number of anilines is 1. The lowest BCUT2D eigenvalue weighted by atomic mass is 9.89. The molecule has 0 atom stereocenters. The average molecular weight is 306 g/mol. The highest BCUT2D eigenvalue weighted by atomic mass is 32.1. The first-order valence-corrected chi connectivity index (χ1v) is 8.33. The number of aromatic nitrogens is 2. The van der Waals surface area contributed by atoms with E-state index in [4.69, 9.17) is 18.0 Å². The van der Waals surface area contributed by atoms with Crippen molar-refractivity contribution in [2.45, 2.75) is 59.3 Å². The lowest BCUT2D eigenvalue weighted by Crippen LogP contribution is -2.26. The van der Waals surface area contributed by atoms with E-state index >= 15 is 0 Å². The molecule has 0 amide bonds. The third kappa shape index (κ3) is 3.51. The van der Waals surface area contributed by atoms with Crippen molar-refractivity contribution in [2.75, 3.05) is 11.9 Å². The molecule has 1 saturated carbocycles. The molecule has 0 radical (unpaired) electrons. The fraction of sp³-hybridized carbons (Fsp3) is 0.688. The first-order valence-electron chi connectivity index (χ1n) is 7.93. The predicted octanol–water partition coefficient (Wildman–Crippen LogP) is 3.23. The molecular weight excluding hydrogens is 280 g/mol. The topological polar surface area (TPSA) is 63.8 Å². The van der Waals surface area contributed by atoms with Gasteiger partial charge in [-0.05, 0) is 36.7 Å². The molecule has 1 fully saturated rings. The van der Waals surface area contributed by atoms with Gasteiger partial charge in [0.05, 0.1) is 11.3 Å². The van der Waals surface area contributed by atoms with Gasteiger partial charge in [0.1, 0.15) is 4.99 Å². The van der Waals surface area contributed by atoms with Crippen LogP contribution in [0.5, 0.6) is 0 Å². The van der Waals surface area contributed by atoms with Gasteiger partial charge in [-0.15, -0.1) is 5.10 Å². The van der Waals surface area contributed by atoms with Crippen molar-refractivity contribution in [3.63, 3.8) is 0 Å². The number of rotatable bonds is 6. The van der Waals surface area contributed by atoms with Crippen molar-refractivity contribution in [2.24, 2.45) is 11.1 Å². The summed E-state index contributed by atoms with van der Waals surface area (Å²) in [6.07, 6.45) is 6.90. The summed E-state index contributed by atoms with van der Waals surface area (Å²) in [4.78, 5) is 0.413. The van der Waals surface area contributed by atoms with Gasteiger partial charge in [-0.1, -0.05) is 45.8 Å². The van der Waals surface area contributed by atoms with E-state index < -0.39 is 0 Å². The summed E-state index contributed by atoms with van der Waals surface area (Å²) in [6, 6.07) is 0. The first-order chi connectivity index (χ1) is 10.0. The zero-order chi connectivity index (χ0) is 15.5. The average Bonchev–Trinajstić information content (AvgIpc) is 2.90. The largest absolute Gasteiger partial charge is 0.389 e. The summed E-state index contributed by atoms with van der Waals surface area (Å²) in [7, 11) is 0. The Hall–Kier alpha value is -1.23. The number of nitrogens with one attached hydrogen (secondary N) is 1. The van der Waals surface area contributed by atoms with Gasteiger partial charge < -0.3 is 11.1 Å². The number of nitrogens with zero attached hydrogens (tertiary/aromatic N) is 2. The highest BCUT2D eigenvalue weighted by Gasteiger charge is 2.29. The number of hydrogen-bond donors (Lipinski definition) is 2. The molecule has 1 aliphatic carbocycles. The molecule has 2 rings (SSSR count). The van der Waals surface area contributed by atoms with Crippen molar-refractivity contribution < 1.29 is 0 Å². The van der Waals surface area contributed by atoms with Crippen LogP contribution in [0.3, 0.4) is 0 Å². The molecule has 0 aromatic carbocycles. The van der Waals surface area contributed by atoms with E-state index in [0.29, 0.717) is 10.4 Å². The van der Waals surface area contributed by atoms with E-state index in [0.717, 1.165) is 42.0 Å². The first kappa shape index (κ1) is 16.1. The number of nitrogens with two attached hydrogens (primary N) is 1. The number of aryl methyl sites for hydroxylation is 1. The Morgan fingerprint density at radius 3 is 2.43 bits per heavy atom. The van der Waals surface area contributed by atoms with Crippen LogP contribution in [-0.2, 0) is 12.8 Å². The second kappa shape index (κ2) is 6.69. The second-order valence-corrected chi connectivity index (χ2v) is 6.73. The van der Waals surface area contributed by atoms with Crippen LogP contribution in [0.4, 0.5) is 5.82 Å². The minimum atomic E-state index is 0.352. The van der Waals surface area contributed by atoms with Gasteiger partial charge in [0.15, 0.2) is 5.82 Å². The van der Waals surface area contributed by atoms with Crippen LogP contribution in [0, 0.1) is 5.41 Å². The van der Waals surface area contributed by atoms with Gasteiger partial charge in [0.2, 0.25) is 0 Å². The van der Waals surface area contributed by atoms with Crippen molar-refractivity contribution in [1.29, 1.82) is 0 Å². The molecule has 5 heteroatoms. The van der Waals surface area contributed by atoms with Gasteiger partial charge >= 0.3 is 0 Å². The quantitative estimate of drug-likeness (QED) is 0.790. The molecule has 1 aromatic heterocycles. The van der Waals surface area contributed by atoms with Crippen molar-refractivity contribution >= 4 is 23.0 Å². The van der Waals surface area contributed by atoms with Gasteiger partial charge in [-0.2, -0.15) is 5.10 Å².